The Morgan fingerprint density at radius 1 is 1.20 bits per heavy atom. The first-order chi connectivity index (χ1) is 14.6. The number of carbonyl (C=O) groups is 1. The van der Waals surface area contributed by atoms with Crippen LogP contribution in [0.4, 0.5) is 0 Å². The summed E-state index contributed by atoms with van der Waals surface area (Å²) in [6.07, 6.45) is 2.36. The lowest BCUT2D eigenvalue weighted by molar-refractivity contribution is -0.123. The maximum atomic E-state index is 12.5. The van der Waals surface area contributed by atoms with Crippen LogP contribution in [0.15, 0.2) is 48.5 Å². The van der Waals surface area contributed by atoms with Crippen LogP contribution in [-0.4, -0.2) is 44.2 Å². The molecule has 2 aromatic carbocycles. The number of amides is 1. The lowest BCUT2D eigenvalue weighted by Crippen LogP contribution is -2.42. The van der Waals surface area contributed by atoms with E-state index in [2.05, 4.69) is 35.3 Å². The lowest BCUT2D eigenvalue weighted by atomic mass is 9.95. The van der Waals surface area contributed by atoms with E-state index in [0.717, 1.165) is 19.0 Å². The Kier molecular flexibility index (Phi) is 7.69. The number of benzene rings is 2. The quantitative estimate of drug-likeness (QED) is 0.725. The molecule has 3 rings (SSSR count). The second kappa shape index (κ2) is 10.7. The van der Waals surface area contributed by atoms with Crippen molar-refractivity contribution in [1.29, 1.82) is 5.26 Å². The highest BCUT2D eigenvalue weighted by Gasteiger charge is 2.25. The van der Waals surface area contributed by atoms with E-state index in [1.54, 1.807) is 18.2 Å². The van der Waals surface area contributed by atoms with Crippen molar-refractivity contribution in [2.24, 2.45) is 5.92 Å². The SMILES string of the molecule is COc1cc(C#N)ccc1OCC(=O)NCC(c1ccccc1)N1CCC(C)CC1. The molecule has 30 heavy (non-hydrogen) atoms. The molecular formula is C24H29N3O3. The standard InChI is InChI=1S/C24H29N3O3/c1-18-10-12-27(13-11-18)21(20-6-4-3-5-7-20)16-26-24(28)17-30-22-9-8-19(15-25)14-23(22)29-2/h3-9,14,18,21H,10-13,16-17H2,1-2H3,(H,26,28). The third-order valence-electron chi connectivity index (χ3n) is 5.59. The van der Waals surface area contributed by atoms with Gasteiger partial charge < -0.3 is 14.8 Å². The summed E-state index contributed by atoms with van der Waals surface area (Å²) in [5, 5.41) is 12.0. The molecule has 0 radical (unpaired) electrons. The van der Waals surface area contributed by atoms with Crippen molar-refractivity contribution < 1.29 is 14.3 Å². The number of ether oxygens (including phenoxy) is 2. The van der Waals surface area contributed by atoms with Crippen molar-refractivity contribution in [2.45, 2.75) is 25.8 Å². The van der Waals surface area contributed by atoms with Gasteiger partial charge in [-0.25, -0.2) is 0 Å². The Bertz CT molecular complexity index is 871. The smallest absolute Gasteiger partial charge is 0.258 e. The summed E-state index contributed by atoms with van der Waals surface area (Å²) in [5.74, 6) is 1.44. The Balaban J connectivity index is 1.59. The Morgan fingerprint density at radius 2 is 1.93 bits per heavy atom. The van der Waals surface area contributed by atoms with Crippen molar-refractivity contribution in [1.82, 2.24) is 10.2 Å². The molecule has 1 amide bonds. The molecule has 1 aliphatic rings. The third-order valence-corrected chi connectivity index (χ3v) is 5.59. The van der Waals surface area contributed by atoms with Crippen LogP contribution in [0.5, 0.6) is 11.5 Å². The van der Waals surface area contributed by atoms with E-state index in [0.29, 0.717) is 23.6 Å². The number of carbonyl (C=O) groups excluding carboxylic acids is 1. The number of rotatable bonds is 8. The molecule has 1 heterocycles. The molecule has 6 nitrogen and oxygen atoms in total. The predicted octanol–water partition coefficient (Wildman–Crippen LogP) is 3.54. The van der Waals surface area contributed by atoms with Gasteiger partial charge in [-0.1, -0.05) is 37.3 Å². The topological polar surface area (TPSA) is 74.6 Å². The van der Waals surface area contributed by atoms with E-state index in [-0.39, 0.29) is 18.6 Å². The molecule has 1 saturated heterocycles. The Morgan fingerprint density at radius 3 is 2.60 bits per heavy atom. The summed E-state index contributed by atoms with van der Waals surface area (Å²) in [7, 11) is 1.51. The molecule has 1 atom stereocenters. The van der Waals surface area contributed by atoms with E-state index >= 15 is 0 Å². The fourth-order valence-electron chi connectivity index (χ4n) is 3.73. The van der Waals surface area contributed by atoms with Gasteiger partial charge in [-0.15, -0.1) is 0 Å². The van der Waals surface area contributed by atoms with Gasteiger partial charge in [-0.05, 0) is 49.5 Å². The largest absolute Gasteiger partial charge is 0.493 e. The molecule has 2 aromatic rings. The minimum atomic E-state index is -0.187. The molecule has 0 saturated carbocycles. The van der Waals surface area contributed by atoms with E-state index in [1.165, 1.54) is 25.5 Å². The van der Waals surface area contributed by atoms with E-state index < -0.39 is 0 Å². The van der Waals surface area contributed by atoms with Crippen LogP contribution in [-0.2, 0) is 4.79 Å². The molecule has 1 unspecified atom stereocenters. The minimum absolute atomic E-state index is 0.110. The van der Waals surface area contributed by atoms with Crippen molar-refractivity contribution in [3.05, 3.63) is 59.7 Å². The number of hydrogen-bond acceptors (Lipinski definition) is 5. The first-order valence-electron chi connectivity index (χ1n) is 10.4. The second-order valence-corrected chi connectivity index (χ2v) is 7.72. The van der Waals surface area contributed by atoms with Gasteiger partial charge in [-0.3, -0.25) is 9.69 Å². The summed E-state index contributed by atoms with van der Waals surface area (Å²) < 4.78 is 10.9. The first-order valence-corrected chi connectivity index (χ1v) is 10.4. The molecular weight excluding hydrogens is 378 g/mol. The van der Waals surface area contributed by atoms with Crippen LogP contribution < -0.4 is 14.8 Å². The molecule has 6 heteroatoms. The highest BCUT2D eigenvalue weighted by Crippen LogP contribution is 2.28. The number of hydrogen-bond donors (Lipinski definition) is 1. The van der Waals surface area contributed by atoms with Gasteiger partial charge in [0.2, 0.25) is 0 Å². The zero-order valence-electron chi connectivity index (χ0n) is 17.6. The van der Waals surface area contributed by atoms with Crippen molar-refractivity contribution in [2.75, 3.05) is 33.4 Å². The van der Waals surface area contributed by atoms with Gasteiger partial charge in [0, 0.05) is 12.6 Å². The Labute approximate surface area is 178 Å². The number of likely N-dealkylation sites (tertiary alicyclic amines) is 1. The number of nitrogens with one attached hydrogen (secondary N) is 1. The molecule has 1 fully saturated rings. The first kappa shape index (κ1) is 21.7. The number of nitrogens with zero attached hydrogens (tertiary/aromatic N) is 2. The third kappa shape index (κ3) is 5.74. The monoisotopic (exact) mass is 407 g/mol. The Hall–Kier alpha value is -3.04. The van der Waals surface area contributed by atoms with Crippen LogP contribution in [0.1, 0.15) is 36.9 Å². The summed E-state index contributed by atoms with van der Waals surface area (Å²) >= 11 is 0. The van der Waals surface area contributed by atoms with Crippen LogP contribution >= 0.6 is 0 Å². The van der Waals surface area contributed by atoms with E-state index in [9.17, 15) is 4.79 Å². The van der Waals surface area contributed by atoms with Gasteiger partial charge in [0.1, 0.15) is 0 Å². The van der Waals surface area contributed by atoms with Crippen LogP contribution in [0.25, 0.3) is 0 Å². The summed E-state index contributed by atoms with van der Waals surface area (Å²) in [4.78, 5) is 14.9. The van der Waals surface area contributed by atoms with Crippen molar-refractivity contribution in [3.8, 4) is 17.6 Å². The fourth-order valence-corrected chi connectivity index (χ4v) is 3.73. The molecule has 158 valence electrons. The molecule has 0 aromatic heterocycles. The van der Waals surface area contributed by atoms with Gasteiger partial charge >= 0.3 is 0 Å². The minimum Gasteiger partial charge on any atom is -0.493 e. The van der Waals surface area contributed by atoms with Crippen molar-refractivity contribution >= 4 is 5.91 Å². The van der Waals surface area contributed by atoms with Gasteiger partial charge in [-0.2, -0.15) is 5.26 Å². The molecule has 0 bridgehead atoms. The normalized spacial score (nSPS) is 15.8. The highest BCUT2D eigenvalue weighted by molar-refractivity contribution is 5.77. The zero-order chi connectivity index (χ0) is 21.3. The van der Waals surface area contributed by atoms with Gasteiger partial charge in [0.25, 0.3) is 5.91 Å². The zero-order valence-corrected chi connectivity index (χ0v) is 17.6. The lowest BCUT2D eigenvalue weighted by Gasteiger charge is -2.37. The molecule has 1 aliphatic heterocycles. The summed E-state index contributed by atoms with van der Waals surface area (Å²) in [6, 6.07) is 17.4. The summed E-state index contributed by atoms with van der Waals surface area (Å²) in [6.45, 7) is 4.79. The predicted molar refractivity (Wildman–Crippen MR) is 115 cm³/mol. The van der Waals surface area contributed by atoms with Crippen molar-refractivity contribution in [3.63, 3.8) is 0 Å². The number of methoxy groups -OCH3 is 1. The average Bonchev–Trinajstić information content (AvgIpc) is 2.79. The average molecular weight is 408 g/mol. The van der Waals surface area contributed by atoms with E-state index in [4.69, 9.17) is 14.7 Å². The molecule has 0 spiro atoms. The number of nitriles is 1. The van der Waals surface area contributed by atoms with Crippen LogP contribution in [0.2, 0.25) is 0 Å². The van der Waals surface area contributed by atoms with Gasteiger partial charge in [0.15, 0.2) is 18.1 Å². The van der Waals surface area contributed by atoms with Gasteiger partial charge in [0.05, 0.1) is 24.8 Å². The van der Waals surface area contributed by atoms with E-state index in [1.807, 2.05) is 18.2 Å². The maximum Gasteiger partial charge on any atom is 0.258 e. The van der Waals surface area contributed by atoms with Crippen LogP contribution in [0, 0.1) is 17.2 Å². The highest BCUT2D eigenvalue weighted by atomic mass is 16.5. The molecule has 1 N–H and O–H groups in total. The fraction of sp³-hybridized carbons (Fsp3) is 0.417. The second-order valence-electron chi connectivity index (χ2n) is 7.72. The number of piperidine rings is 1. The van der Waals surface area contributed by atoms with Crippen LogP contribution in [0.3, 0.4) is 0 Å². The molecule has 0 aliphatic carbocycles. The maximum absolute atomic E-state index is 12.5. The summed E-state index contributed by atoms with van der Waals surface area (Å²) in [5.41, 5.74) is 1.69.